The molecular weight excluding hydrogens is 705 g/mol. The van der Waals surface area contributed by atoms with Gasteiger partial charge in [0.05, 0.1) is 0 Å². The standard InChI is InChI=1S/C46H58N4O6/c51-43(41(33-37-23-13-9-14-24-37)49-45(53)55-35-39-27-17-11-18-28-39)47-31-21-7-5-3-1-2-4-6-8-22-32-48-44(52)42(34-38-25-15-10-16-26-38)50-46(54)56-36-40-29-19-12-20-30-40/h9-20,23-30,41-42H,1-8,21-22,31-36H2,(H,47,51)(H,48,52)(H,49,53)(H,50,54)/t41-,42-/m0/s1. The highest BCUT2D eigenvalue weighted by molar-refractivity contribution is 5.86. The zero-order chi connectivity index (χ0) is 39.5. The minimum Gasteiger partial charge on any atom is -0.445 e. The molecule has 0 aromatic heterocycles. The molecule has 0 aliphatic heterocycles. The second kappa shape index (κ2) is 26.2. The van der Waals surface area contributed by atoms with Gasteiger partial charge in [0, 0.05) is 25.9 Å². The number of benzene rings is 4. The van der Waals surface area contributed by atoms with Crippen LogP contribution in [-0.4, -0.2) is 49.2 Å². The Kier molecular flexibility index (Phi) is 20.2. The Balaban J connectivity index is 1.03. The first kappa shape index (κ1) is 43.1. The van der Waals surface area contributed by atoms with Gasteiger partial charge in [0.2, 0.25) is 11.8 Å². The highest BCUT2D eigenvalue weighted by Crippen LogP contribution is 2.12. The molecule has 0 fully saturated rings. The third-order valence-electron chi connectivity index (χ3n) is 9.41. The van der Waals surface area contributed by atoms with E-state index >= 15 is 0 Å². The Morgan fingerprint density at radius 2 is 0.679 bits per heavy atom. The minimum absolute atomic E-state index is 0.138. The van der Waals surface area contributed by atoms with Crippen molar-refractivity contribution >= 4 is 24.0 Å². The predicted octanol–water partition coefficient (Wildman–Crippen LogP) is 8.20. The van der Waals surface area contributed by atoms with Gasteiger partial charge in [0.25, 0.3) is 0 Å². The van der Waals surface area contributed by atoms with Gasteiger partial charge in [-0.2, -0.15) is 0 Å². The molecule has 0 bridgehead atoms. The average Bonchev–Trinajstić information content (AvgIpc) is 3.23. The molecule has 4 aromatic carbocycles. The maximum atomic E-state index is 13.1. The lowest BCUT2D eigenvalue weighted by Gasteiger charge is -2.18. The van der Waals surface area contributed by atoms with Crippen molar-refractivity contribution in [2.45, 2.75) is 102 Å². The summed E-state index contributed by atoms with van der Waals surface area (Å²) in [5.74, 6) is -0.430. The molecule has 4 rings (SSSR count). The number of carbonyl (C=O) groups is 4. The lowest BCUT2D eigenvalue weighted by molar-refractivity contribution is -0.123. The normalized spacial score (nSPS) is 11.8. The van der Waals surface area contributed by atoms with E-state index in [1.807, 2.05) is 121 Å². The van der Waals surface area contributed by atoms with E-state index in [9.17, 15) is 19.2 Å². The molecule has 0 radical (unpaired) electrons. The lowest BCUT2D eigenvalue weighted by Crippen LogP contribution is -2.48. The van der Waals surface area contributed by atoms with Gasteiger partial charge in [-0.25, -0.2) is 9.59 Å². The Morgan fingerprint density at radius 1 is 0.393 bits per heavy atom. The number of ether oxygens (including phenoxy) is 2. The molecule has 298 valence electrons. The van der Waals surface area contributed by atoms with Crippen molar-refractivity contribution in [3.05, 3.63) is 144 Å². The molecule has 4 amide bonds. The molecule has 4 aromatic rings. The fourth-order valence-electron chi connectivity index (χ4n) is 6.27. The number of hydrogen-bond acceptors (Lipinski definition) is 6. The number of hydrogen-bond donors (Lipinski definition) is 4. The van der Waals surface area contributed by atoms with Gasteiger partial charge < -0.3 is 30.7 Å². The molecule has 0 spiro atoms. The van der Waals surface area contributed by atoms with Gasteiger partial charge in [0.15, 0.2) is 0 Å². The summed E-state index contributed by atoms with van der Waals surface area (Å²) in [5, 5.41) is 11.5. The zero-order valence-corrected chi connectivity index (χ0v) is 32.5. The second-order valence-electron chi connectivity index (χ2n) is 14.0. The van der Waals surface area contributed by atoms with Crippen molar-refractivity contribution in [3.8, 4) is 0 Å². The fraction of sp³-hybridized carbons (Fsp3) is 0.391. The summed E-state index contributed by atoms with van der Waals surface area (Å²) >= 11 is 0. The number of alkyl carbamates (subject to hydrolysis) is 2. The molecule has 2 atom stereocenters. The van der Waals surface area contributed by atoms with Crippen LogP contribution >= 0.6 is 0 Å². The van der Waals surface area contributed by atoms with Crippen LogP contribution in [-0.2, 0) is 45.1 Å². The van der Waals surface area contributed by atoms with E-state index in [1.165, 1.54) is 12.8 Å². The van der Waals surface area contributed by atoms with E-state index in [0.29, 0.717) is 25.9 Å². The van der Waals surface area contributed by atoms with Crippen molar-refractivity contribution in [1.29, 1.82) is 0 Å². The summed E-state index contributed by atoms with van der Waals surface area (Å²) in [5.41, 5.74) is 3.67. The quantitative estimate of drug-likeness (QED) is 0.0503. The predicted molar refractivity (Wildman–Crippen MR) is 220 cm³/mol. The van der Waals surface area contributed by atoms with Gasteiger partial charge in [-0.05, 0) is 35.1 Å². The second-order valence-corrected chi connectivity index (χ2v) is 14.0. The van der Waals surface area contributed by atoms with Crippen LogP contribution < -0.4 is 21.3 Å². The molecular formula is C46H58N4O6. The molecule has 10 heteroatoms. The van der Waals surface area contributed by atoms with Gasteiger partial charge in [0.1, 0.15) is 25.3 Å². The van der Waals surface area contributed by atoms with Gasteiger partial charge in [-0.1, -0.05) is 173 Å². The summed E-state index contributed by atoms with van der Waals surface area (Å²) in [6, 6.07) is 36.7. The Morgan fingerprint density at radius 3 is 1.00 bits per heavy atom. The van der Waals surface area contributed by atoms with E-state index in [0.717, 1.165) is 73.6 Å². The number of amides is 4. The molecule has 10 nitrogen and oxygen atoms in total. The molecule has 0 aliphatic rings. The van der Waals surface area contributed by atoms with E-state index in [2.05, 4.69) is 21.3 Å². The molecule has 0 saturated carbocycles. The van der Waals surface area contributed by atoms with E-state index in [4.69, 9.17) is 9.47 Å². The van der Waals surface area contributed by atoms with Gasteiger partial charge in [-0.3, -0.25) is 9.59 Å². The number of nitrogens with one attached hydrogen (secondary N) is 4. The van der Waals surface area contributed by atoms with Gasteiger partial charge >= 0.3 is 12.2 Å². The van der Waals surface area contributed by atoms with E-state index in [-0.39, 0.29) is 25.0 Å². The number of carbonyl (C=O) groups excluding carboxylic acids is 4. The summed E-state index contributed by atoms with van der Waals surface area (Å²) in [4.78, 5) is 51.2. The first-order valence-corrected chi connectivity index (χ1v) is 20.0. The van der Waals surface area contributed by atoms with Crippen molar-refractivity contribution in [2.75, 3.05) is 13.1 Å². The maximum Gasteiger partial charge on any atom is 0.408 e. The van der Waals surface area contributed by atoms with E-state index < -0.39 is 24.3 Å². The van der Waals surface area contributed by atoms with Crippen molar-refractivity contribution in [2.24, 2.45) is 0 Å². The molecule has 0 aliphatic carbocycles. The topological polar surface area (TPSA) is 135 Å². The van der Waals surface area contributed by atoms with Crippen molar-refractivity contribution < 1.29 is 28.7 Å². The lowest BCUT2D eigenvalue weighted by atomic mass is 10.0. The monoisotopic (exact) mass is 762 g/mol. The van der Waals surface area contributed by atoms with Crippen LogP contribution in [0.4, 0.5) is 9.59 Å². The summed E-state index contributed by atoms with van der Waals surface area (Å²) in [6.45, 7) is 1.39. The van der Waals surface area contributed by atoms with Crippen molar-refractivity contribution in [3.63, 3.8) is 0 Å². The molecule has 4 N–H and O–H groups in total. The van der Waals surface area contributed by atoms with Gasteiger partial charge in [-0.15, -0.1) is 0 Å². The van der Waals surface area contributed by atoms with Crippen LogP contribution in [0.1, 0.15) is 86.5 Å². The van der Waals surface area contributed by atoms with Crippen molar-refractivity contribution in [1.82, 2.24) is 21.3 Å². The Bertz CT molecular complexity index is 1570. The number of unbranched alkanes of at least 4 members (excludes halogenated alkanes) is 9. The summed E-state index contributed by atoms with van der Waals surface area (Å²) < 4.78 is 10.7. The van der Waals surface area contributed by atoms with Crippen LogP contribution in [0.3, 0.4) is 0 Å². The van der Waals surface area contributed by atoms with Crippen LogP contribution in [0.15, 0.2) is 121 Å². The third-order valence-corrected chi connectivity index (χ3v) is 9.41. The molecule has 0 saturated heterocycles. The van der Waals surface area contributed by atoms with Crippen LogP contribution in [0.2, 0.25) is 0 Å². The summed E-state index contributed by atoms with van der Waals surface area (Å²) in [6.07, 6.45) is 10.2. The van der Waals surface area contributed by atoms with Crippen LogP contribution in [0.25, 0.3) is 0 Å². The fourth-order valence-corrected chi connectivity index (χ4v) is 6.27. The van der Waals surface area contributed by atoms with E-state index in [1.54, 1.807) is 0 Å². The highest BCUT2D eigenvalue weighted by Gasteiger charge is 2.23. The largest absolute Gasteiger partial charge is 0.445 e. The molecule has 56 heavy (non-hydrogen) atoms. The minimum atomic E-state index is -0.730. The maximum absolute atomic E-state index is 13.1. The third kappa shape index (κ3) is 18.1. The first-order valence-electron chi connectivity index (χ1n) is 20.0. The average molecular weight is 763 g/mol. The number of rotatable bonds is 25. The SMILES string of the molecule is O=C(N[C@@H](Cc1ccccc1)C(=O)NCCCCCCCCCCCCNC(=O)[C@H](Cc1ccccc1)NC(=O)OCc1ccccc1)OCc1ccccc1. The molecule has 0 heterocycles. The highest BCUT2D eigenvalue weighted by atomic mass is 16.6. The molecule has 0 unspecified atom stereocenters. The Hall–Kier alpha value is -5.64. The van der Waals surface area contributed by atoms with Crippen LogP contribution in [0, 0.1) is 0 Å². The smallest absolute Gasteiger partial charge is 0.408 e. The Labute approximate surface area is 332 Å². The first-order chi connectivity index (χ1) is 27.5. The summed E-state index contributed by atoms with van der Waals surface area (Å²) in [7, 11) is 0. The zero-order valence-electron chi connectivity index (χ0n) is 32.5. The van der Waals surface area contributed by atoms with Crippen LogP contribution in [0.5, 0.6) is 0 Å².